The van der Waals surface area contributed by atoms with Gasteiger partial charge in [-0.05, 0) is 0 Å². The van der Waals surface area contributed by atoms with E-state index in [1.165, 1.54) is 36.8 Å². The van der Waals surface area contributed by atoms with Crippen molar-refractivity contribution in [3.63, 3.8) is 0 Å². The van der Waals surface area contributed by atoms with Crippen molar-refractivity contribution >= 4 is 0 Å². The second-order valence-corrected chi connectivity index (χ2v) is 12.7. The van der Waals surface area contributed by atoms with Crippen molar-refractivity contribution in [1.82, 2.24) is 0 Å². The monoisotopic (exact) mass is 508 g/mol. The fraction of sp³-hybridized carbons (Fsp3) is 0.310. The molecule has 2 heteroatoms. The Morgan fingerprint density at radius 1 is 0.677 bits per heavy atom. The molecule has 0 nitrogen and oxygen atoms in total. The van der Waals surface area contributed by atoms with E-state index in [-0.39, 0.29) is 17.0 Å². The van der Waals surface area contributed by atoms with Crippen LogP contribution in [0.4, 0.5) is 0 Å². The molecule has 0 bridgehead atoms. The fourth-order valence-electron chi connectivity index (χ4n) is 4.91. The van der Waals surface area contributed by atoms with E-state index in [0.29, 0.717) is 11.8 Å². The predicted octanol–water partition coefficient (Wildman–Crippen LogP) is 5.47. The molecule has 0 amide bonds. The van der Waals surface area contributed by atoms with Gasteiger partial charge in [0, 0.05) is 0 Å². The molecule has 0 saturated carbocycles. The van der Waals surface area contributed by atoms with Crippen molar-refractivity contribution in [3.05, 3.63) is 115 Å². The van der Waals surface area contributed by atoms with Crippen LogP contribution in [0.3, 0.4) is 0 Å². The van der Waals surface area contributed by atoms with Crippen LogP contribution in [0.1, 0.15) is 62.5 Å². The molecule has 0 fully saturated rings. The molecule has 0 aromatic heterocycles. The van der Waals surface area contributed by atoms with Crippen molar-refractivity contribution in [3.8, 4) is 0 Å². The van der Waals surface area contributed by atoms with E-state index >= 15 is 0 Å². The van der Waals surface area contributed by atoms with Crippen molar-refractivity contribution in [2.75, 3.05) is 0 Å². The van der Waals surface area contributed by atoms with Crippen molar-refractivity contribution in [2.45, 2.75) is 56.6 Å². The quantitative estimate of drug-likeness (QED) is 0.414. The normalized spacial score (nSPS) is 17.1. The molecule has 0 radical (unpaired) electrons. The Labute approximate surface area is 205 Å². The van der Waals surface area contributed by atoms with Gasteiger partial charge in [0.25, 0.3) is 0 Å². The van der Waals surface area contributed by atoms with Crippen molar-refractivity contribution in [1.29, 1.82) is 0 Å². The largest absolute Gasteiger partial charge is 1.00 e. The molecule has 0 N–H and O–H groups in total. The summed E-state index contributed by atoms with van der Waals surface area (Å²) in [6, 6.07) is 22.0. The minimum Gasteiger partial charge on any atom is -1.00 e. The summed E-state index contributed by atoms with van der Waals surface area (Å²) in [6.07, 6.45) is 14.4. The summed E-state index contributed by atoms with van der Waals surface area (Å²) < 4.78 is 3.61. The van der Waals surface area contributed by atoms with Gasteiger partial charge in [0.2, 0.25) is 0 Å². The number of hydrogen-bond donors (Lipinski definition) is 0. The van der Waals surface area contributed by atoms with E-state index < -0.39 is 17.9 Å². The average Bonchev–Trinajstić information content (AvgIpc) is 3.44. The smallest absolute Gasteiger partial charge is 1.00 e. The summed E-state index contributed by atoms with van der Waals surface area (Å²) in [4.78, 5) is 0. The predicted molar refractivity (Wildman–Crippen MR) is 126 cm³/mol. The third-order valence-corrected chi connectivity index (χ3v) is 11.2. The molecule has 31 heavy (non-hydrogen) atoms. The van der Waals surface area contributed by atoms with Crippen molar-refractivity contribution in [2.24, 2.45) is 0 Å². The first-order valence-electron chi connectivity index (χ1n) is 11.3. The average molecular weight is 509 g/mol. The summed E-state index contributed by atoms with van der Waals surface area (Å²) in [5.74, 6) is 1.16. The van der Waals surface area contributed by atoms with Crippen LogP contribution in [0, 0.1) is 0 Å². The van der Waals surface area contributed by atoms with E-state index in [9.17, 15) is 0 Å². The maximum absolute atomic E-state index is 2.60. The van der Waals surface area contributed by atoms with Gasteiger partial charge in [-0.2, -0.15) is 0 Å². The van der Waals surface area contributed by atoms with Crippen LogP contribution < -0.4 is 17.0 Å². The Balaban J connectivity index is 0.00000272. The molecule has 4 rings (SSSR count). The Morgan fingerprint density at radius 2 is 1.06 bits per heavy atom. The van der Waals surface area contributed by atoms with E-state index in [2.05, 4.69) is 104 Å². The van der Waals surface area contributed by atoms with Gasteiger partial charge < -0.3 is 17.0 Å². The molecule has 2 aliphatic rings. The van der Waals surface area contributed by atoms with Gasteiger partial charge in [-0.15, -0.1) is 0 Å². The van der Waals surface area contributed by atoms with Crippen LogP contribution >= 0.6 is 0 Å². The molecule has 2 atom stereocenters. The zero-order valence-corrected chi connectivity index (χ0v) is 22.1. The second kappa shape index (κ2) is 11.5. The Morgan fingerprint density at radius 3 is 1.45 bits per heavy atom. The number of allylic oxidation sites excluding steroid dienone is 8. The maximum atomic E-state index is 2.60. The topological polar surface area (TPSA) is 0 Å². The number of hydrogen-bond acceptors (Lipinski definition) is 0. The molecule has 2 aromatic rings. The first-order chi connectivity index (χ1) is 14.6. The van der Waals surface area contributed by atoms with Gasteiger partial charge in [0.1, 0.15) is 0 Å². The fourth-order valence-corrected chi connectivity index (χ4v) is 8.89. The first kappa shape index (κ1) is 24.2. The van der Waals surface area contributed by atoms with Gasteiger partial charge >= 0.3 is 189 Å². The summed E-state index contributed by atoms with van der Waals surface area (Å²) in [6.45, 7) is 4.76. The number of rotatable bonds is 8. The Bertz CT molecular complexity index is 900. The molecule has 2 aromatic carbocycles. The molecule has 2 aliphatic carbocycles. The molecule has 0 spiro atoms. The van der Waals surface area contributed by atoms with Crippen molar-refractivity contribution < 1.29 is 34.9 Å². The molecule has 0 saturated heterocycles. The van der Waals surface area contributed by atoms with E-state index in [1.807, 2.05) is 0 Å². The SMILES string of the molecule is CC(CC1=[C]([Ti+]([CH3])[C]2=C(CC(C)c3ccccc3)C=CC2)CC=C1)c1ccccc1.[Br-]. The van der Waals surface area contributed by atoms with E-state index in [1.54, 1.807) is 18.9 Å². The maximum Gasteiger partial charge on any atom is -1.00 e. The summed E-state index contributed by atoms with van der Waals surface area (Å²) in [7, 11) is 0. The van der Waals surface area contributed by atoms with E-state index in [0.717, 1.165) is 0 Å². The second-order valence-electron chi connectivity index (χ2n) is 8.88. The van der Waals surface area contributed by atoms with Gasteiger partial charge in [-0.1, -0.05) is 0 Å². The van der Waals surface area contributed by atoms with Gasteiger partial charge in [-0.3, -0.25) is 0 Å². The molecule has 2 unspecified atom stereocenters. The molecule has 160 valence electrons. The summed E-state index contributed by atoms with van der Waals surface area (Å²) >= 11 is -1.42. The first-order valence-corrected chi connectivity index (χ1v) is 14.5. The minimum absolute atomic E-state index is 0. The Hall–Kier alpha value is -1.41. The Kier molecular flexibility index (Phi) is 8.96. The third kappa shape index (κ3) is 5.89. The standard InChI is InChI=1S/2C14H15.CH3.BrH.Ti/c2*1-12(11-13-7-5-6-8-13)14-9-3-2-4-10-14;;;/h2*2-5,7,9-10,12H,6,11H2,1H3;1H3;1H;/q;;;;+1/p-1. The molecule has 0 aliphatic heterocycles. The van der Waals surface area contributed by atoms with Gasteiger partial charge in [0.15, 0.2) is 0 Å². The minimum atomic E-state index is -1.42. The summed E-state index contributed by atoms with van der Waals surface area (Å²) in [5.41, 5.74) is 6.19. The van der Waals surface area contributed by atoms with Crippen LogP contribution in [0.15, 0.2) is 104 Å². The molecular weight excluding hydrogens is 476 g/mol. The van der Waals surface area contributed by atoms with Crippen LogP contribution in [0.5, 0.6) is 0 Å². The zero-order chi connectivity index (χ0) is 20.9. The number of halogens is 1. The molecule has 0 heterocycles. The summed E-state index contributed by atoms with van der Waals surface area (Å²) in [5, 5.41) is 2.60. The van der Waals surface area contributed by atoms with Gasteiger partial charge in [0.05, 0.1) is 0 Å². The molecular formula is C29H33BrTi. The zero-order valence-electron chi connectivity index (χ0n) is 18.9. The third-order valence-electron chi connectivity index (χ3n) is 6.75. The van der Waals surface area contributed by atoms with Gasteiger partial charge in [-0.25, -0.2) is 0 Å². The van der Waals surface area contributed by atoms with E-state index in [4.69, 9.17) is 0 Å². The van der Waals surface area contributed by atoms with Crippen LogP contribution in [0.25, 0.3) is 0 Å². The van der Waals surface area contributed by atoms with Crippen LogP contribution in [-0.2, 0) is 17.9 Å². The van der Waals surface area contributed by atoms with Crippen LogP contribution in [-0.4, -0.2) is 0 Å². The number of benzene rings is 2. The van der Waals surface area contributed by atoms with Crippen LogP contribution in [0.2, 0.25) is 5.23 Å².